The number of hydrogen-bond acceptors (Lipinski definition) is 4. The number of pyridine rings is 2. The van der Waals surface area contributed by atoms with Gasteiger partial charge in [-0.2, -0.15) is 5.26 Å². The number of nitrogens with one attached hydrogen (secondary N) is 2. The van der Waals surface area contributed by atoms with Gasteiger partial charge >= 0.3 is 0 Å². The largest absolute Gasteiger partial charge is 0.355 e. The van der Waals surface area contributed by atoms with Crippen LogP contribution in [0.3, 0.4) is 0 Å². The number of rotatable bonds is 8. The van der Waals surface area contributed by atoms with E-state index < -0.39 is 0 Å². The van der Waals surface area contributed by atoms with Gasteiger partial charge in [-0.15, -0.1) is 4.99 Å². The minimum atomic E-state index is 0.0451. The van der Waals surface area contributed by atoms with E-state index in [4.69, 9.17) is 5.26 Å². The molecule has 7 heteroatoms. The fourth-order valence-electron chi connectivity index (χ4n) is 2.35. The Morgan fingerprint density at radius 2 is 1.96 bits per heavy atom. The molecule has 0 spiro atoms. The van der Waals surface area contributed by atoms with Gasteiger partial charge in [-0.05, 0) is 31.0 Å². The molecule has 0 unspecified atom stereocenters. The summed E-state index contributed by atoms with van der Waals surface area (Å²) in [6.07, 6.45) is 11.0. The summed E-state index contributed by atoms with van der Waals surface area (Å²) in [6.45, 7) is 1.47. The molecule has 0 aliphatic carbocycles. The van der Waals surface area contributed by atoms with Crippen LogP contribution in [-0.2, 0) is 6.54 Å². The fraction of sp³-hybridized carbons (Fsp3) is 0.333. The van der Waals surface area contributed by atoms with E-state index in [1.807, 2.05) is 12.3 Å². The zero-order chi connectivity index (χ0) is 17.7. The van der Waals surface area contributed by atoms with Gasteiger partial charge in [0.05, 0.1) is 0 Å². The third-order valence-electron chi connectivity index (χ3n) is 3.62. The number of aryl methyl sites for hydroxylation is 1. The van der Waals surface area contributed by atoms with Gasteiger partial charge < -0.3 is 15.2 Å². The predicted octanol–water partition coefficient (Wildman–Crippen LogP) is 2.34. The van der Waals surface area contributed by atoms with Gasteiger partial charge in [0.25, 0.3) is 0 Å². The molecule has 2 aromatic rings. The fourth-order valence-corrected chi connectivity index (χ4v) is 2.35. The van der Waals surface area contributed by atoms with Gasteiger partial charge in [0, 0.05) is 43.4 Å². The maximum Gasteiger partial charge on any atom is 0.250 e. The Morgan fingerprint density at radius 3 is 2.72 bits per heavy atom. The zero-order valence-electron chi connectivity index (χ0n) is 14.1. The minimum absolute atomic E-state index is 0.0451. The van der Waals surface area contributed by atoms with Crippen molar-refractivity contribution in [3.8, 4) is 6.19 Å². The third-order valence-corrected chi connectivity index (χ3v) is 3.62. The highest BCUT2D eigenvalue weighted by atomic mass is 16.1. The molecule has 2 rings (SSSR count). The van der Waals surface area contributed by atoms with E-state index in [9.17, 15) is 4.79 Å². The summed E-state index contributed by atoms with van der Waals surface area (Å²) in [5.41, 5.74) is 0.869. The van der Waals surface area contributed by atoms with Crippen molar-refractivity contribution in [3.05, 3.63) is 59.3 Å². The van der Waals surface area contributed by atoms with Crippen molar-refractivity contribution in [2.75, 3.05) is 11.9 Å². The number of nitrogens with zero attached hydrogens (tertiary/aromatic N) is 4. The van der Waals surface area contributed by atoms with Crippen LogP contribution in [0.4, 0.5) is 5.69 Å². The van der Waals surface area contributed by atoms with Crippen LogP contribution in [0.15, 0.2) is 58.7 Å². The lowest BCUT2D eigenvalue weighted by Crippen LogP contribution is -2.31. The van der Waals surface area contributed by atoms with E-state index in [1.165, 1.54) is 0 Å². The van der Waals surface area contributed by atoms with Crippen LogP contribution in [0, 0.1) is 11.5 Å². The Hall–Kier alpha value is -3.14. The molecule has 2 aromatic heterocycles. The summed E-state index contributed by atoms with van der Waals surface area (Å²) in [5, 5.41) is 14.9. The Kier molecular flexibility index (Phi) is 7.72. The highest BCUT2D eigenvalue weighted by molar-refractivity contribution is 5.94. The molecule has 0 aromatic carbocycles. The van der Waals surface area contributed by atoms with Crippen molar-refractivity contribution in [1.29, 1.82) is 5.26 Å². The topological polar surface area (TPSA) is 95.1 Å². The van der Waals surface area contributed by atoms with Crippen molar-refractivity contribution >= 4 is 11.6 Å². The van der Waals surface area contributed by atoms with Gasteiger partial charge in [-0.3, -0.25) is 9.78 Å². The number of anilines is 1. The van der Waals surface area contributed by atoms with E-state index in [2.05, 4.69) is 20.6 Å². The first-order valence-electron chi connectivity index (χ1n) is 8.33. The Labute approximate surface area is 147 Å². The van der Waals surface area contributed by atoms with E-state index in [-0.39, 0.29) is 5.56 Å². The van der Waals surface area contributed by atoms with Crippen LogP contribution in [0.25, 0.3) is 0 Å². The summed E-state index contributed by atoms with van der Waals surface area (Å²) in [5.74, 6) is 0.435. The van der Waals surface area contributed by atoms with E-state index in [1.54, 1.807) is 47.4 Å². The van der Waals surface area contributed by atoms with Crippen molar-refractivity contribution in [1.82, 2.24) is 14.9 Å². The van der Waals surface area contributed by atoms with Crippen molar-refractivity contribution in [2.24, 2.45) is 4.99 Å². The molecule has 0 saturated carbocycles. The average Bonchev–Trinajstić information content (AvgIpc) is 2.63. The number of nitriles is 1. The SMILES string of the molecule is N#CN=C(NCCCCCCn1ccccc1=O)Nc1ccncc1. The van der Waals surface area contributed by atoms with Crippen molar-refractivity contribution < 1.29 is 0 Å². The van der Waals surface area contributed by atoms with Gasteiger partial charge in [-0.25, -0.2) is 0 Å². The normalized spacial score (nSPS) is 10.9. The summed E-state index contributed by atoms with van der Waals surface area (Å²) in [7, 11) is 0. The van der Waals surface area contributed by atoms with Crippen LogP contribution >= 0.6 is 0 Å². The summed E-state index contributed by atoms with van der Waals surface area (Å²) >= 11 is 0. The predicted molar refractivity (Wildman–Crippen MR) is 98.1 cm³/mol. The quantitative estimate of drug-likeness (QED) is 0.333. The lowest BCUT2D eigenvalue weighted by molar-refractivity contribution is 0.559. The Morgan fingerprint density at radius 1 is 1.16 bits per heavy atom. The number of aromatic nitrogens is 2. The zero-order valence-corrected chi connectivity index (χ0v) is 14.1. The number of unbranched alkanes of at least 4 members (excludes halogenated alkanes) is 3. The second-order valence-corrected chi connectivity index (χ2v) is 5.49. The molecule has 0 amide bonds. The number of guanidine groups is 1. The molecule has 0 aliphatic rings. The first-order chi connectivity index (χ1) is 12.3. The lowest BCUT2D eigenvalue weighted by atomic mass is 10.2. The molecule has 0 bridgehead atoms. The molecular weight excluding hydrogens is 316 g/mol. The molecule has 2 N–H and O–H groups in total. The van der Waals surface area contributed by atoms with Gasteiger partial charge in [-0.1, -0.05) is 18.9 Å². The van der Waals surface area contributed by atoms with Crippen LogP contribution in [0.1, 0.15) is 25.7 Å². The molecule has 0 saturated heterocycles. The van der Waals surface area contributed by atoms with Crippen LogP contribution in [0.5, 0.6) is 0 Å². The first-order valence-corrected chi connectivity index (χ1v) is 8.33. The number of hydrogen-bond donors (Lipinski definition) is 2. The summed E-state index contributed by atoms with van der Waals surface area (Å²) < 4.78 is 1.73. The maximum atomic E-state index is 11.6. The lowest BCUT2D eigenvalue weighted by Gasteiger charge is -2.10. The Bertz CT molecular complexity index is 763. The average molecular weight is 338 g/mol. The van der Waals surface area contributed by atoms with Gasteiger partial charge in [0.2, 0.25) is 17.7 Å². The monoisotopic (exact) mass is 338 g/mol. The van der Waals surface area contributed by atoms with Crippen LogP contribution < -0.4 is 16.2 Å². The minimum Gasteiger partial charge on any atom is -0.355 e. The molecule has 25 heavy (non-hydrogen) atoms. The smallest absolute Gasteiger partial charge is 0.250 e. The molecule has 7 nitrogen and oxygen atoms in total. The molecular formula is C18H22N6O. The highest BCUT2D eigenvalue weighted by Gasteiger charge is 2.00. The van der Waals surface area contributed by atoms with E-state index >= 15 is 0 Å². The van der Waals surface area contributed by atoms with E-state index in [0.717, 1.165) is 44.5 Å². The van der Waals surface area contributed by atoms with E-state index in [0.29, 0.717) is 5.96 Å². The third kappa shape index (κ3) is 6.87. The Balaban J connectivity index is 1.62. The highest BCUT2D eigenvalue weighted by Crippen LogP contribution is 2.03. The standard InChI is InChI=1S/C18H22N6O/c19-15-22-18(23-16-8-11-20-12-9-16)21-10-4-1-2-5-13-24-14-6-3-7-17(24)25/h3,6-9,11-12,14H,1-2,4-5,10,13H2,(H2,20,21,22,23). The summed E-state index contributed by atoms with van der Waals surface area (Å²) in [4.78, 5) is 19.3. The van der Waals surface area contributed by atoms with Gasteiger partial charge in [0.1, 0.15) is 0 Å². The summed E-state index contributed by atoms with van der Waals surface area (Å²) in [6, 6.07) is 8.82. The van der Waals surface area contributed by atoms with Crippen molar-refractivity contribution in [3.63, 3.8) is 0 Å². The molecule has 0 aliphatic heterocycles. The second kappa shape index (κ2) is 10.6. The molecule has 130 valence electrons. The van der Waals surface area contributed by atoms with Crippen molar-refractivity contribution in [2.45, 2.75) is 32.2 Å². The first kappa shape index (κ1) is 18.2. The maximum absolute atomic E-state index is 11.6. The van der Waals surface area contributed by atoms with Crippen LogP contribution in [0.2, 0.25) is 0 Å². The second-order valence-electron chi connectivity index (χ2n) is 5.49. The van der Waals surface area contributed by atoms with Crippen LogP contribution in [-0.4, -0.2) is 22.1 Å². The molecule has 2 heterocycles. The molecule has 0 fully saturated rings. The molecule has 0 atom stereocenters. The van der Waals surface area contributed by atoms with Gasteiger partial charge in [0.15, 0.2) is 0 Å². The number of aliphatic imine (C=N–C) groups is 1. The molecule has 0 radical (unpaired) electrons.